The van der Waals surface area contributed by atoms with Crippen molar-refractivity contribution in [3.63, 3.8) is 0 Å². The minimum absolute atomic E-state index is 0.0559. The molecule has 0 spiro atoms. The van der Waals surface area contributed by atoms with E-state index in [9.17, 15) is 24.3 Å². The standard InChI is InChI=1S/C24H37N3O7S/c1-6-7-10-13-27(22(31)17(15-35)26-23(32)34-24(2,3)4)20(16-11-8-9-12-18(16)28)21(30)25-14-19(29)33-5/h8-9,11-12,17,20,28,35H,6-7,10,13-15H2,1-5H3,(H,25,30)(H,26,32). The average molecular weight is 512 g/mol. The van der Waals surface area contributed by atoms with Crippen molar-refractivity contribution < 1.29 is 33.8 Å². The van der Waals surface area contributed by atoms with Crippen molar-refractivity contribution in [3.05, 3.63) is 29.8 Å². The molecule has 0 heterocycles. The van der Waals surface area contributed by atoms with E-state index in [0.29, 0.717) is 6.42 Å². The number of phenols is 1. The number of thiol groups is 1. The normalized spacial score (nSPS) is 12.7. The fourth-order valence-electron chi connectivity index (χ4n) is 3.23. The van der Waals surface area contributed by atoms with Crippen LogP contribution in [0.1, 0.15) is 58.6 Å². The zero-order chi connectivity index (χ0) is 26.6. The van der Waals surface area contributed by atoms with Gasteiger partial charge in [-0.05, 0) is 33.3 Å². The predicted molar refractivity (Wildman–Crippen MR) is 134 cm³/mol. The number of aromatic hydroxyl groups is 1. The lowest BCUT2D eigenvalue weighted by molar-refractivity contribution is -0.144. The molecule has 1 aromatic carbocycles. The number of hydrogen-bond donors (Lipinski definition) is 4. The summed E-state index contributed by atoms with van der Waals surface area (Å²) in [5.41, 5.74) is -0.601. The molecular weight excluding hydrogens is 474 g/mol. The number of ether oxygens (including phenoxy) is 2. The molecule has 0 saturated heterocycles. The lowest BCUT2D eigenvalue weighted by Crippen LogP contribution is -2.54. The fraction of sp³-hybridized carbons (Fsp3) is 0.583. The molecule has 1 aromatic rings. The third-order valence-electron chi connectivity index (χ3n) is 4.88. The van der Waals surface area contributed by atoms with Gasteiger partial charge in [-0.1, -0.05) is 38.0 Å². The summed E-state index contributed by atoms with van der Waals surface area (Å²) in [7, 11) is 1.19. The number of alkyl carbamates (subject to hydrolysis) is 1. The lowest BCUT2D eigenvalue weighted by Gasteiger charge is -2.34. The molecule has 3 N–H and O–H groups in total. The fourth-order valence-corrected chi connectivity index (χ4v) is 3.48. The second-order valence-electron chi connectivity index (χ2n) is 8.88. The molecule has 11 heteroatoms. The van der Waals surface area contributed by atoms with E-state index in [1.807, 2.05) is 6.92 Å². The molecule has 0 aliphatic heterocycles. The van der Waals surface area contributed by atoms with Gasteiger partial charge in [0.25, 0.3) is 0 Å². The first-order chi connectivity index (χ1) is 16.4. The van der Waals surface area contributed by atoms with Gasteiger partial charge in [0, 0.05) is 17.9 Å². The summed E-state index contributed by atoms with van der Waals surface area (Å²) in [4.78, 5) is 52.1. The average Bonchev–Trinajstić information content (AvgIpc) is 2.79. The van der Waals surface area contributed by atoms with Crippen molar-refractivity contribution in [2.24, 2.45) is 0 Å². The molecular formula is C24H37N3O7S. The van der Waals surface area contributed by atoms with E-state index in [2.05, 4.69) is 28.0 Å². The monoisotopic (exact) mass is 511 g/mol. The van der Waals surface area contributed by atoms with E-state index in [-0.39, 0.29) is 23.6 Å². The van der Waals surface area contributed by atoms with Gasteiger partial charge >= 0.3 is 12.1 Å². The highest BCUT2D eigenvalue weighted by atomic mass is 32.1. The van der Waals surface area contributed by atoms with Crippen LogP contribution in [0.2, 0.25) is 0 Å². The highest BCUT2D eigenvalue weighted by Crippen LogP contribution is 2.30. The van der Waals surface area contributed by atoms with Crippen molar-refractivity contribution in [3.8, 4) is 5.75 Å². The van der Waals surface area contributed by atoms with Gasteiger partial charge in [-0.2, -0.15) is 12.6 Å². The Balaban J connectivity index is 3.38. The summed E-state index contributed by atoms with van der Waals surface area (Å²) >= 11 is 4.22. The Bertz CT molecular complexity index is 873. The minimum Gasteiger partial charge on any atom is -0.508 e. The number of nitrogens with one attached hydrogen (secondary N) is 2. The molecule has 2 atom stereocenters. The lowest BCUT2D eigenvalue weighted by atomic mass is 10.0. The highest BCUT2D eigenvalue weighted by Gasteiger charge is 2.37. The van der Waals surface area contributed by atoms with E-state index < -0.39 is 48.1 Å². The number of amides is 3. The van der Waals surface area contributed by atoms with Crippen molar-refractivity contribution >= 4 is 36.5 Å². The molecule has 0 bridgehead atoms. The Hall–Kier alpha value is -2.95. The van der Waals surface area contributed by atoms with Gasteiger partial charge in [0.1, 0.15) is 30.0 Å². The van der Waals surface area contributed by atoms with Crippen LogP contribution in [-0.4, -0.2) is 71.5 Å². The first-order valence-corrected chi connectivity index (χ1v) is 12.1. The Morgan fingerprint density at radius 3 is 2.34 bits per heavy atom. The number of carbonyl (C=O) groups is 4. The number of carbonyl (C=O) groups excluding carboxylic acids is 4. The van der Waals surface area contributed by atoms with Crippen molar-refractivity contribution in [2.75, 3.05) is 26.0 Å². The molecule has 0 radical (unpaired) electrons. The number of unbranched alkanes of at least 4 members (excludes halogenated alkanes) is 2. The van der Waals surface area contributed by atoms with Crippen molar-refractivity contribution in [1.82, 2.24) is 15.5 Å². The van der Waals surface area contributed by atoms with Crippen LogP contribution < -0.4 is 10.6 Å². The molecule has 0 saturated carbocycles. The molecule has 0 aliphatic rings. The number of benzene rings is 1. The largest absolute Gasteiger partial charge is 0.508 e. The highest BCUT2D eigenvalue weighted by molar-refractivity contribution is 7.80. The quantitative estimate of drug-likeness (QED) is 0.192. The van der Waals surface area contributed by atoms with Crippen LogP contribution in [-0.2, 0) is 23.9 Å². The number of nitrogens with zero attached hydrogens (tertiary/aromatic N) is 1. The Morgan fingerprint density at radius 1 is 1.14 bits per heavy atom. The minimum atomic E-state index is -1.27. The maximum Gasteiger partial charge on any atom is 0.408 e. The van der Waals surface area contributed by atoms with Crippen LogP contribution in [0.5, 0.6) is 5.75 Å². The van der Waals surface area contributed by atoms with Gasteiger partial charge in [-0.15, -0.1) is 0 Å². The van der Waals surface area contributed by atoms with Crippen molar-refractivity contribution in [2.45, 2.75) is 64.6 Å². The van der Waals surface area contributed by atoms with Crippen LogP contribution in [0.4, 0.5) is 4.79 Å². The maximum atomic E-state index is 13.6. The summed E-state index contributed by atoms with van der Waals surface area (Å²) in [6, 6.07) is 3.77. The Morgan fingerprint density at radius 2 is 1.80 bits per heavy atom. The molecule has 0 aromatic heterocycles. The molecule has 35 heavy (non-hydrogen) atoms. The summed E-state index contributed by atoms with van der Waals surface area (Å²) in [6.45, 7) is 6.83. The third kappa shape index (κ3) is 10.1. The number of para-hydroxylation sites is 1. The smallest absolute Gasteiger partial charge is 0.408 e. The van der Waals surface area contributed by atoms with E-state index in [4.69, 9.17) is 4.74 Å². The summed E-state index contributed by atoms with van der Waals surface area (Å²) < 4.78 is 9.84. The molecule has 3 amide bonds. The zero-order valence-electron chi connectivity index (χ0n) is 21.0. The number of phenolic OH excluding ortho intramolecular Hbond substituents is 1. The number of methoxy groups -OCH3 is 1. The zero-order valence-corrected chi connectivity index (χ0v) is 21.9. The molecule has 10 nitrogen and oxygen atoms in total. The second-order valence-corrected chi connectivity index (χ2v) is 9.24. The van der Waals surface area contributed by atoms with Crippen LogP contribution >= 0.6 is 12.6 Å². The number of hydrogen-bond acceptors (Lipinski definition) is 8. The topological polar surface area (TPSA) is 134 Å². The first kappa shape index (κ1) is 30.1. The predicted octanol–water partition coefficient (Wildman–Crippen LogP) is 2.56. The van der Waals surface area contributed by atoms with Gasteiger partial charge in [-0.3, -0.25) is 14.4 Å². The van der Waals surface area contributed by atoms with Crippen LogP contribution in [0.3, 0.4) is 0 Å². The summed E-state index contributed by atoms with van der Waals surface area (Å²) in [5, 5.41) is 15.5. The number of rotatable bonds is 12. The van der Waals surface area contributed by atoms with Crippen LogP contribution in [0.15, 0.2) is 24.3 Å². The van der Waals surface area contributed by atoms with Crippen LogP contribution in [0, 0.1) is 0 Å². The molecule has 2 unspecified atom stereocenters. The van der Waals surface area contributed by atoms with E-state index in [1.54, 1.807) is 32.9 Å². The molecule has 1 rings (SSSR count). The van der Waals surface area contributed by atoms with Gasteiger partial charge in [-0.25, -0.2) is 4.79 Å². The van der Waals surface area contributed by atoms with E-state index in [0.717, 1.165) is 12.8 Å². The third-order valence-corrected chi connectivity index (χ3v) is 5.25. The summed E-state index contributed by atoms with van der Waals surface area (Å²) in [6.07, 6.45) is 1.42. The number of esters is 1. The van der Waals surface area contributed by atoms with Gasteiger partial charge in [0.15, 0.2) is 0 Å². The van der Waals surface area contributed by atoms with E-state index in [1.165, 1.54) is 24.1 Å². The van der Waals surface area contributed by atoms with Gasteiger partial charge in [0.2, 0.25) is 11.8 Å². The van der Waals surface area contributed by atoms with Gasteiger partial charge < -0.3 is 30.1 Å². The Kier molecular flexibility index (Phi) is 12.4. The maximum absolute atomic E-state index is 13.6. The SMILES string of the molecule is CCCCCN(C(=O)C(CS)NC(=O)OC(C)(C)C)C(C(=O)NCC(=O)OC)c1ccccc1O. The summed E-state index contributed by atoms with van der Waals surface area (Å²) in [5.74, 6) is -2.18. The Labute approximate surface area is 212 Å². The molecule has 0 aliphatic carbocycles. The second kappa shape index (κ2) is 14.4. The van der Waals surface area contributed by atoms with Crippen LogP contribution in [0.25, 0.3) is 0 Å². The van der Waals surface area contributed by atoms with Crippen molar-refractivity contribution in [1.29, 1.82) is 0 Å². The first-order valence-electron chi connectivity index (χ1n) is 11.5. The molecule has 196 valence electrons. The van der Waals surface area contributed by atoms with Gasteiger partial charge in [0.05, 0.1) is 7.11 Å². The molecule has 0 fully saturated rings. The van der Waals surface area contributed by atoms with E-state index >= 15 is 0 Å².